The number of ether oxygens (including phenoxy) is 1. The molecule has 2 aromatic rings. The number of nitrogens with one attached hydrogen (secondary N) is 1. The quantitative estimate of drug-likeness (QED) is 0.795. The summed E-state index contributed by atoms with van der Waals surface area (Å²) in [6.45, 7) is 5.10. The molecule has 0 aliphatic heterocycles. The molecule has 0 saturated carbocycles. The Kier molecular flexibility index (Phi) is 5.27. The zero-order valence-corrected chi connectivity index (χ0v) is 12.5. The van der Waals surface area contributed by atoms with Crippen LogP contribution in [0.5, 0.6) is 5.75 Å². The Hall–Kier alpha value is -1.95. The topological polar surface area (TPSA) is 60.2 Å². The van der Waals surface area contributed by atoms with Crippen LogP contribution in [0.4, 0.5) is 4.39 Å². The lowest BCUT2D eigenvalue weighted by Crippen LogP contribution is -2.23. The van der Waals surface area contributed by atoms with Crippen LogP contribution in [0, 0.1) is 5.82 Å². The lowest BCUT2D eigenvalue weighted by molar-refractivity contribution is 0.386. The molecule has 0 amide bonds. The number of rotatable bonds is 7. The fourth-order valence-corrected chi connectivity index (χ4v) is 1.90. The summed E-state index contributed by atoms with van der Waals surface area (Å²) >= 11 is 0. The molecule has 1 heterocycles. The molecule has 0 saturated heterocycles. The highest BCUT2D eigenvalue weighted by molar-refractivity contribution is 5.54. The summed E-state index contributed by atoms with van der Waals surface area (Å²) in [6.07, 6.45) is 1.61. The minimum absolute atomic E-state index is 0.193. The van der Waals surface area contributed by atoms with Gasteiger partial charge < -0.3 is 14.5 Å². The molecule has 1 aromatic carbocycles. The van der Waals surface area contributed by atoms with E-state index in [4.69, 9.17) is 9.15 Å². The van der Waals surface area contributed by atoms with Gasteiger partial charge in [0.05, 0.1) is 7.11 Å². The minimum atomic E-state index is -0.448. The molecular weight excluding hydrogens is 273 g/mol. The molecule has 114 valence electrons. The Morgan fingerprint density at radius 2 is 2.14 bits per heavy atom. The Morgan fingerprint density at radius 1 is 1.33 bits per heavy atom. The van der Waals surface area contributed by atoms with Crippen molar-refractivity contribution in [2.24, 2.45) is 0 Å². The van der Waals surface area contributed by atoms with Gasteiger partial charge in [-0.25, -0.2) is 4.39 Å². The van der Waals surface area contributed by atoms with Gasteiger partial charge in [-0.05, 0) is 31.2 Å². The van der Waals surface area contributed by atoms with Crippen molar-refractivity contribution in [3.63, 3.8) is 0 Å². The SMILES string of the molecule is COc1ccc(-c2nnc(CCCNC(C)C)o2)cc1F. The third-order valence-electron chi connectivity index (χ3n) is 2.99. The first kappa shape index (κ1) is 15.4. The molecule has 1 N–H and O–H groups in total. The van der Waals surface area contributed by atoms with Gasteiger partial charge >= 0.3 is 0 Å². The van der Waals surface area contributed by atoms with Crippen molar-refractivity contribution in [2.45, 2.75) is 32.7 Å². The van der Waals surface area contributed by atoms with Crippen LogP contribution in [-0.4, -0.2) is 29.9 Å². The van der Waals surface area contributed by atoms with Gasteiger partial charge in [0.25, 0.3) is 0 Å². The van der Waals surface area contributed by atoms with Gasteiger partial charge in [0.15, 0.2) is 11.6 Å². The number of aryl methyl sites for hydroxylation is 1. The summed E-state index contributed by atoms with van der Waals surface area (Å²) in [4.78, 5) is 0. The molecule has 1 aromatic heterocycles. The smallest absolute Gasteiger partial charge is 0.247 e. The fraction of sp³-hybridized carbons (Fsp3) is 0.467. The number of benzene rings is 1. The number of hydrogen-bond donors (Lipinski definition) is 1. The van der Waals surface area contributed by atoms with E-state index in [9.17, 15) is 4.39 Å². The van der Waals surface area contributed by atoms with E-state index in [0.29, 0.717) is 29.8 Å². The van der Waals surface area contributed by atoms with E-state index in [1.807, 2.05) is 0 Å². The Balaban J connectivity index is 1.97. The Morgan fingerprint density at radius 3 is 2.81 bits per heavy atom. The maximum Gasteiger partial charge on any atom is 0.247 e. The highest BCUT2D eigenvalue weighted by Crippen LogP contribution is 2.24. The zero-order valence-electron chi connectivity index (χ0n) is 12.5. The molecule has 0 radical (unpaired) electrons. The summed E-state index contributed by atoms with van der Waals surface area (Å²) < 4.78 is 24.1. The third kappa shape index (κ3) is 4.26. The first-order valence-electron chi connectivity index (χ1n) is 7.00. The molecule has 21 heavy (non-hydrogen) atoms. The summed E-state index contributed by atoms with van der Waals surface area (Å²) in [5.41, 5.74) is 0.548. The predicted molar refractivity (Wildman–Crippen MR) is 77.7 cm³/mol. The van der Waals surface area contributed by atoms with E-state index in [1.165, 1.54) is 13.2 Å². The molecule has 5 nitrogen and oxygen atoms in total. The van der Waals surface area contributed by atoms with Crippen LogP contribution in [-0.2, 0) is 6.42 Å². The van der Waals surface area contributed by atoms with Crippen molar-refractivity contribution in [1.29, 1.82) is 0 Å². The van der Waals surface area contributed by atoms with E-state index in [2.05, 4.69) is 29.4 Å². The second-order valence-electron chi connectivity index (χ2n) is 5.06. The molecule has 0 atom stereocenters. The number of aromatic nitrogens is 2. The molecule has 6 heteroatoms. The summed E-state index contributed by atoms with van der Waals surface area (Å²) in [6, 6.07) is 5.03. The maximum absolute atomic E-state index is 13.6. The van der Waals surface area contributed by atoms with Crippen molar-refractivity contribution in [2.75, 3.05) is 13.7 Å². The fourth-order valence-electron chi connectivity index (χ4n) is 1.90. The average Bonchev–Trinajstić information content (AvgIpc) is 2.92. The van der Waals surface area contributed by atoms with E-state index in [-0.39, 0.29) is 5.75 Å². The molecule has 0 unspecified atom stereocenters. The highest BCUT2D eigenvalue weighted by atomic mass is 19.1. The lowest BCUT2D eigenvalue weighted by Gasteiger charge is -2.05. The number of nitrogens with zero attached hydrogens (tertiary/aromatic N) is 2. The molecule has 0 spiro atoms. The molecule has 0 bridgehead atoms. The number of hydrogen-bond acceptors (Lipinski definition) is 5. The second kappa shape index (κ2) is 7.17. The van der Waals surface area contributed by atoms with E-state index >= 15 is 0 Å². The van der Waals surface area contributed by atoms with Gasteiger partial charge in [-0.2, -0.15) is 0 Å². The average molecular weight is 293 g/mol. The summed E-state index contributed by atoms with van der Waals surface area (Å²) in [5.74, 6) is 0.629. The van der Waals surface area contributed by atoms with Crippen LogP contribution < -0.4 is 10.1 Å². The summed E-state index contributed by atoms with van der Waals surface area (Å²) in [5, 5.41) is 11.3. The van der Waals surface area contributed by atoms with Crippen LogP contribution in [0.15, 0.2) is 22.6 Å². The van der Waals surface area contributed by atoms with E-state index < -0.39 is 5.82 Å². The standard InChI is InChI=1S/C15H20FN3O2/c1-10(2)17-8-4-5-14-18-19-15(21-14)11-6-7-13(20-3)12(16)9-11/h6-7,9-10,17H,4-5,8H2,1-3H3. The molecule has 2 rings (SSSR count). The molecular formula is C15H20FN3O2. The first-order chi connectivity index (χ1) is 10.1. The van der Waals surface area contributed by atoms with Crippen molar-refractivity contribution in [3.05, 3.63) is 29.9 Å². The van der Waals surface area contributed by atoms with Crippen LogP contribution in [0.2, 0.25) is 0 Å². The number of methoxy groups -OCH3 is 1. The van der Waals surface area contributed by atoms with Crippen molar-refractivity contribution < 1.29 is 13.5 Å². The Bertz CT molecular complexity index is 584. The van der Waals surface area contributed by atoms with Gasteiger partial charge in [-0.3, -0.25) is 0 Å². The van der Waals surface area contributed by atoms with E-state index in [1.54, 1.807) is 12.1 Å². The highest BCUT2D eigenvalue weighted by Gasteiger charge is 2.11. The van der Waals surface area contributed by atoms with Gasteiger partial charge in [0, 0.05) is 18.0 Å². The van der Waals surface area contributed by atoms with Gasteiger partial charge in [0.2, 0.25) is 11.8 Å². The van der Waals surface area contributed by atoms with Crippen LogP contribution in [0.25, 0.3) is 11.5 Å². The lowest BCUT2D eigenvalue weighted by atomic mass is 10.2. The molecule has 0 fully saturated rings. The Labute approximate surface area is 123 Å². The molecule has 0 aliphatic carbocycles. The molecule has 0 aliphatic rings. The van der Waals surface area contributed by atoms with Gasteiger partial charge in [-0.1, -0.05) is 13.8 Å². The summed E-state index contributed by atoms with van der Waals surface area (Å²) in [7, 11) is 1.42. The van der Waals surface area contributed by atoms with E-state index in [0.717, 1.165) is 13.0 Å². The van der Waals surface area contributed by atoms with Gasteiger partial charge in [-0.15, -0.1) is 10.2 Å². The number of halogens is 1. The minimum Gasteiger partial charge on any atom is -0.494 e. The second-order valence-corrected chi connectivity index (χ2v) is 5.06. The monoisotopic (exact) mass is 293 g/mol. The van der Waals surface area contributed by atoms with Crippen molar-refractivity contribution in [1.82, 2.24) is 15.5 Å². The zero-order chi connectivity index (χ0) is 15.2. The van der Waals surface area contributed by atoms with Crippen molar-refractivity contribution in [3.8, 4) is 17.2 Å². The van der Waals surface area contributed by atoms with Crippen molar-refractivity contribution >= 4 is 0 Å². The van der Waals surface area contributed by atoms with Crippen LogP contribution in [0.1, 0.15) is 26.2 Å². The largest absolute Gasteiger partial charge is 0.494 e. The maximum atomic E-state index is 13.6. The predicted octanol–water partition coefficient (Wildman–Crippen LogP) is 2.81. The first-order valence-corrected chi connectivity index (χ1v) is 7.00. The van der Waals surface area contributed by atoms with Crippen LogP contribution >= 0.6 is 0 Å². The van der Waals surface area contributed by atoms with Gasteiger partial charge in [0.1, 0.15) is 0 Å². The third-order valence-corrected chi connectivity index (χ3v) is 2.99. The normalized spacial score (nSPS) is 11.1. The van der Waals surface area contributed by atoms with Crippen LogP contribution in [0.3, 0.4) is 0 Å².